The van der Waals surface area contributed by atoms with E-state index in [9.17, 15) is 4.79 Å². The number of rotatable bonds is 3. The van der Waals surface area contributed by atoms with E-state index in [1.807, 2.05) is 0 Å². The third-order valence-corrected chi connectivity index (χ3v) is 4.06. The lowest BCUT2D eigenvalue weighted by molar-refractivity contribution is -0.146. The van der Waals surface area contributed by atoms with E-state index in [0.29, 0.717) is 6.04 Å². The quantitative estimate of drug-likeness (QED) is 0.343. The number of nitrogens with zero attached hydrogens (tertiary/aromatic N) is 2. The largest absolute Gasteiger partial charge is 0.469 e. The molecule has 116 valence electrons. The Kier molecular flexibility index (Phi) is 7.05. The fourth-order valence-corrected chi connectivity index (χ4v) is 2.57. The van der Waals surface area contributed by atoms with Crippen LogP contribution in [0.1, 0.15) is 33.1 Å². The molecular formula is C14H26IN3O2. The minimum absolute atomic E-state index is 0. The molecule has 2 aliphatic rings. The van der Waals surface area contributed by atoms with Crippen molar-refractivity contribution in [2.24, 2.45) is 16.8 Å². The summed E-state index contributed by atoms with van der Waals surface area (Å²) in [6.45, 7) is 6.86. The predicted octanol–water partition coefficient (Wildman–Crippen LogP) is 1.86. The minimum atomic E-state index is -0.0718. The lowest BCUT2D eigenvalue weighted by Gasteiger charge is -2.33. The van der Waals surface area contributed by atoms with Gasteiger partial charge in [-0.1, -0.05) is 6.92 Å². The number of piperidine rings is 1. The first kappa shape index (κ1) is 17.5. The molecule has 2 atom stereocenters. The van der Waals surface area contributed by atoms with Gasteiger partial charge in [0, 0.05) is 25.7 Å². The van der Waals surface area contributed by atoms with Gasteiger partial charge in [-0.3, -0.25) is 9.79 Å². The number of carbonyl (C=O) groups excluding carboxylic acids is 1. The second-order valence-electron chi connectivity index (χ2n) is 5.55. The third-order valence-electron chi connectivity index (χ3n) is 4.06. The average Bonchev–Trinajstić information content (AvgIpc) is 3.13. The molecule has 1 saturated carbocycles. The fourth-order valence-electron chi connectivity index (χ4n) is 2.57. The molecule has 1 saturated heterocycles. The topological polar surface area (TPSA) is 53.9 Å². The van der Waals surface area contributed by atoms with Gasteiger partial charge in [0.15, 0.2) is 5.96 Å². The van der Waals surface area contributed by atoms with E-state index < -0.39 is 0 Å². The van der Waals surface area contributed by atoms with Crippen molar-refractivity contribution in [3.05, 3.63) is 0 Å². The van der Waals surface area contributed by atoms with Gasteiger partial charge in [-0.2, -0.15) is 0 Å². The molecule has 0 bridgehead atoms. The Labute approximate surface area is 138 Å². The molecule has 1 aliphatic heterocycles. The summed E-state index contributed by atoms with van der Waals surface area (Å²) in [4.78, 5) is 18.4. The smallest absolute Gasteiger partial charge is 0.308 e. The fraction of sp³-hybridized carbons (Fsp3) is 0.857. The van der Waals surface area contributed by atoms with Gasteiger partial charge >= 0.3 is 5.97 Å². The second kappa shape index (κ2) is 8.05. The summed E-state index contributed by atoms with van der Waals surface area (Å²) in [5, 5.41) is 3.53. The van der Waals surface area contributed by atoms with E-state index in [1.165, 1.54) is 13.5 Å². The van der Waals surface area contributed by atoms with Crippen LogP contribution < -0.4 is 5.32 Å². The van der Waals surface area contributed by atoms with Crippen LogP contribution in [0.15, 0.2) is 4.99 Å². The highest BCUT2D eigenvalue weighted by atomic mass is 127. The molecule has 2 unspecified atom stereocenters. The van der Waals surface area contributed by atoms with Crippen molar-refractivity contribution in [1.82, 2.24) is 10.2 Å². The Morgan fingerprint density at radius 2 is 2.00 bits per heavy atom. The van der Waals surface area contributed by atoms with Crippen LogP contribution in [0.3, 0.4) is 0 Å². The maximum atomic E-state index is 11.5. The zero-order chi connectivity index (χ0) is 13.8. The van der Waals surface area contributed by atoms with Crippen molar-refractivity contribution in [1.29, 1.82) is 0 Å². The van der Waals surface area contributed by atoms with Crippen LogP contribution in [-0.4, -0.2) is 49.6 Å². The molecule has 0 aromatic carbocycles. The van der Waals surface area contributed by atoms with Crippen LogP contribution in [0.2, 0.25) is 0 Å². The van der Waals surface area contributed by atoms with Gasteiger partial charge in [-0.05, 0) is 32.1 Å². The monoisotopic (exact) mass is 395 g/mol. The third kappa shape index (κ3) is 4.49. The Morgan fingerprint density at radius 1 is 1.40 bits per heavy atom. The van der Waals surface area contributed by atoms with Gasteiger partial charge < -0.3 is 15.0 Å². The van der Waals surface area contributed by atoms with Gasteiger partial charge in [0.05, 0.1) is 13.0 Å². The summed E-state index contributed by atoms with van der Waals surface area (Å²) in [5.41, 5.74) is 0. The average molecular weight is 395 g/mol. The summed E-state index contributed by atoms with van der Waals surface area (Å²) in [6.07, 6.45) is 2.95. The Morgan fingerprint density at radius 3 is 2.45 bits per heavy atom. The van der Waals surface area contributed by atoms with Gasteiger partial charge in [-0.15, -0.1) is 24.0 Å². The van der Waals surface area contributed by atoms with E-state index in [-0.39, 0.29) is 35.9 Å². The molecule has 0 radical (unpaired) electrons. The van der Waals surface area contributed by atoms with Crippen LogP contribution in [-0.2, 0) is 9.53 Å². The maximum absolute atomic E-state index is 11.5. The maximum Gasteiger partial charge on any atom is 0.308 e. The molecule has 1 N–H and O–H groups in total. The highest BCUT2D eigenvalue weighted by molar-refractivity contribution is 14.0. The van der Waals surface area contributed by atoms with Gasteiger partial charge in [0.25, 0.3) is 0 Å². The van der Waals surface area contributed by atoms with E-state index in [0.717, 1.165) is 44.4 Å². The van der Waals surface area contributed by atoms with Crippen molar-refractivity contribution >= 4 is 35.9 Å². The van der Waals surface area contributed by atoms with Gasteiger partial charge in [0.1, 0.15) is 0 Å². The van der Waals surface area contributed by atoms with Crippen molar-refractivity contribution in [2.75, 3.05) is 26.7 Å². The van der Waals surface area contributed by atoms with Crippen LogP contribution >= 0.6 is 24.0 Å². The summed E-state index contributed by atoms with van der Waals surface area (Å²) in [7, 11) is 1.47. The molecule has 20 heavy (non-hydrogen) atoms. The SMILES string of the molecule is CCN=C(NC1CC1C)N1CCC(C(=O)OC)CC1.I. The van der Waals surface area contributed by atoms with Gasteiger partial charge in [0.2, 0.25) is 0 Å². The molecule has 5 nitrogen and oxygen atoms in total. The molecule has 0 spiro atoms. The molecular weight excluding hydrogens is 369 g/mol. The van der Waals surface area contributed by atoms with E-state index >= 15 is 0 Å². The zero-order valence-corrected chi connectivity index (χ0v) is 14.9. The number of ether oxygens (including phenoxy) is 1. The van der Waals surface area contributed by atoms with Crippen molar-refractivity contribution in [3.8, 4) is 0 Å². The number of guanidine groups is 1. The van der Waals surface area contributed by atoms with Gasteiger partial charge in [-0.25, -0.2) is 0 Å². The number of methoxy groups -OCH3 is 1. The lowest BCUT2D eigenvalue weighted by atomic mass is 9.97. The zero-order valence-electron chi connectivity index (χ0n) is 12.6. The van der Waals surface area contributed by atoms with Crippen molar-refractivity contribution < 1.29 is 9.53 Å². The number of esters is 1. The summed E-state index contributed by atoms with van der Waals surface area (Å²) in [6, 6.07) is 0.587. The highest BCUT2D eigenvalue weighted by Crippen LogP contribution is 2.29. The predicted molar refractivity (Wildman–Crippen MR) is 90.4 cm³/mol. The number of aliphatic imine (C=N–C) groups is 1. The second-order valence-corrected chi connectivity index (χ2v) is 5.55. The minimum Gasteiger partial charge on any atom is -0.469 e. The van der Waals surface area contributed by atoms with E-state index in [2.05, 4.69) is 29.1 Å². The molecule has 2 fully saturated rings. The Bertz CT molecular complexity index is 354. The molecule has 1 heterocycles. The molecule has 0 amide bonds. The normalized spacial score (nSPS) is 26.8. The van der Waals surface area contributed by atoms with Crippen molar-refractivity contribution in [2.45, 2.75) is 39.2 Å². The summed E-state index contributed by atoms with van der Waals surface area (Å²) in [5.74, 6) is 1.76. The van der Waals surface area contributed by atoms with Crippen LogP contribution in [0, 0.1) is 11.8 Å². The molecule has 1 aliphatic carbocycles. The molecule has 0 aromatic rings. The number of hydrogen-bond donors (Lipinski definition) is 1. The van der Waals surface area contributed by atoms with E-state index in [1.54, 1.807) is 0 Å². The standard InChI is InChI=1S/C14H25N3O2.HI/c1-4-15-14(16-12-9-10(12)2)17-7-5-11(6-8-17)13(18)19-3;/h10-12H,4-9H2,1-3H3,(H,15,16);1H. The van der Waals surface area contributed by atoms with Crippen LogP contribution in [0.4, 0.5) is 0 Å². The first-order chi connectivity index (χ1) is 9.15. The molecule has 6 heteroatoms. The molecule has 0 aromatic heterocycles. The van der Waals surface area contributed by atoms with Crippen LogP contribution in [0.25, 0.3) is 0 Å². The molecule has 2 rings (SSSR count). The first-order valence-electron chi connectivity index (χ1n) is 7.29. The number of hydrogen-bond acceptors (Lipinski definition) is 3. The Hall–Kier alpha value is -0.530. The number of likely N-dealkylation sites (tertiary alicyclic amines) is 1. The van der Waals surface area contributed by atoms with E-state index in [4.69, 9.17) is 4.74 Å². The highest BCUT2D eigenvalue weighted by Gasteiger charge is 2.35. The van der Waals surface area contributed by atoms with Crippen LogP contribution in [0.5, 0.6) is 0 Å². The lowest BCUT2D eigenvalue weighted by Crippen LogP contribution is -2.47. The Balaban J connectivity index is 0.00000200. The van der Waals surface area contributed by atoms with Crippen molar-refractivity contribution in [3.63, 3.8) is 0 Å². The first-order valence-corrected chi connectivity index (χ1v) is 7.29. The number of carbonyl (C=O) groups is 1. The number of halogens is 1. The summed E-state index contributed by atoms with van der Waals surface area (Å²) >= 11 is 0. The number of nitrogens with one attached hydrogen (secondary N) is 1. The summed E-state index contributed by atoms with van der Waals surface area (Å²) < 4.78 is 4.82.